The van der Waals surface area contributed by atoms with Crippen molar-refractivity contribution < 1.29 is 13.2 Å². The van der Waals surface area contributed by atoms with E-state index in [-0.39, 0.29) is 0 Å². The van der Waals surface area contributed by atoms with Crippen LogP contribution in [0.3, 0.4) is 0 Å². The first kappa shape index (κ1) is 12.9. The highest BCUT2D eigenvalue weighted by Crippen LogP contribution is 2.09. The monoisotopic (exact) mass is 236 g/mol. The van der Waals surface area contributed by atoms with Crippen molar-refractivity contribution in [3.63, 3.8) is 0 Å². The summed E-state index contributed by atoms with van der Waals surface area (Å²) < 4.78 is 29.2. The first-order chi connectivity index (χ1) is 6.95. The van der Waals surface area contributed by atoms with Gasteiger partial charge in [0.05, 0.1) is 12.9 Å². The molecule has 1 saturated heterocycles. The molecule has 5 nitrogen and oxygen atoms in total. The minimum Gasteiger partial charge on any atom is -0.383 e. The van der Waals surface area contributed by atoms with E-state index in [1.54, 1.807) is 7.11 Å². The Balaban J connectivity index is 2.42. The van der Waals surface area contributed by atoms with Crippen LogP contribution in [0.15, 0.2) is 0 Å². The maximum absolute atomic E-state index is 11.3. The van der Waals surface area contributed by atoms with Gasteiger partial charge < -0.3 is 4.74 Å². The second kappa shape index (κ2) is 5.25. The Labute approximate surface area is 92.0 Å². The van der Waals surface area contributed by atoms with Gasteiger partial charge in [-0.1, -0.05) is 0 Å². The van der Waals surface area contributed by atoms with Crippen molar-refractivity contribution in [3.8, 4) is 0 Å². The third kappa shape index (κ3) is 3.71. The molecule has 0 unspecified atom stereocenters. The fraction of sp³-hybridized carbons (Fsp3) is 1.00. The molecular weight excluding hydrogens is 216 g/mol. The molecular formula is C9H20N2O3S. The van der Waals surface area contributed by atoms with E-state index in [0.29, 0.717) is 25.7 Å². The van der Waals surface area contributed by atoms with Crippen molar-refractivity contribution in [1.82, 2.24) is 9.21 Å². The van der Waals surface area contributed by atoms with Crippen LogP contribution >= 0.6 is 0 Å². The fourth-order valence-corrected chi connectivity index (χ4v) is 2.65. The van der Waals surface area contributed by atoms with Gasteiger partial charge in [-0.25, -0.2) is 8.42 Å². The zero-order chi connectivity index (χ0) is 11.5. The summed E-state index contributed by atoms with van der Waals surface area (Å²) in [6.45, 7) is 5.55. The lowest BCUT2D eigenvalue weighted by Gasteiger charge is -2.36. The molecule has 1 fully saturated rings. The quantitative estimate of drug-likeness (QED) is 0.666. The maximum Gasteiger partial charge on any atom is 0.211 e. The van der Waals surface area contributed by atoms with Crippen LogP contribution in [0.1, 0.15) is 6.92 Å². The van der Waals surface area contributed by atoms with Crippen LogP contribution in [0.4, 0.5) is 0 Å². The second-order valence-electron chi connectivity index (χ2n) is 4.00. The van der Waals surface area contributed by atoms with E-state index in [1.165, 1.54) is 10.6 Å². The first-order valence-corrected chi connectivity index (χ1v) is 6.98. The highest BCUT2D eigenvalue weighted by molar-refractivity contribution is 7.88. The molecule has 0 aromatic carbocycles. The van der Waals surface area contributed by atoms with Crippen molar-refractivity contribution in [2.24, 2.45) is 0 Å². The van der Waals surface area contributed by atoms with E-state index in [0.717, 1.165) is 13.1 Å². The van der Waals surface area contributed by atoms with Crippen molar-refractivity contribution in [1.29, 1.82) is 0 Å². The normalized spacial score (nSPS) is 22.9. The first-order valence-electron chi connectivity index (χ1n) is 5.13. The average molecular weight is 236 g/mol. The lowest BCUT2D eigenvalue weighted by atomic mass is 10.2. The van der Waals surface area contributed by atoms with Gasteiger partial charge in [-0.2, -0.15) is 4.31 Å². The lowest BCUT2D eigenvalue weighted by Crippen LogP contribution is -2.51. The third-order valence-corrected chi connectivity index (χ3v) is 4.08. The SMILES string of the molecule is COC[C@@H](C)N1CCN(S(C)(=O)=O)CC1. The Morgan fingerprint density at radius 1 is 1.27 bits per heavy atom. The van der Waals surface area contributed by atoms with Crippen molar-refractivity contribution in [2.75, 3.05) is 46.2 Å². The number of sulfonamides is 1. The Morgan fingerprint density at radius 3 is 2.20 bits per heavy atom. The smallest absolute Gasteiger partial charge is 0.211 e. The van der Waals surface area contributed by atoms with Gasteiger partial charge in [0.1, 0.15) is 0 Å². The van der Waals surface area contributed by atoms with Crippen LogP contribution in [-0.2, 0) is 14.8 Å². The summed E-state index contributed by atoms with van der Waals surface area (Å²) in [5.41, 5.74) is 0. The third-order valence-electron chi connectivity index (χ3n) is 2.77. The maximum atomic E-state index is 11.3. The molecule has 0 N–H and O–H groups in total. The molecule has 1 heterocycles. The predicted molar refractivity (Wildman–Crippen MR) is 59.3 cm³/mol. The Bertz CT molecular complexity index is 284. The molecule has 0 aromatic heterocycles. The van der Waals surface area contributed by atoms with Gasteiger partial charge in [0, 0.05) is 39.3 Å². The summed E-state index contributed by atoms with van der Waals surface area (Å²) in [5.74, 6) is 0. The van der Waals surface area contributed by atoms with Gasteiger partial charge in [0.15, 0.2) is 0 Å². The average Bonchev–Trinajstić information content (AvgIpc) is 2.17. The zero-order valence-corrected chi connectivity index (χ0v) is 10.5. The van der Waals surface area contributed by atoms with Gasteiger partial charge >= 0.3 is 0 Å². The van der Waals surface area contributed by atoms with Crippen LogP contribution in [0.5, 0.6) is 0 Å². The summed E-state index contributed by atoms with van der Waals surface area (Å²) in [5, 5.41) is 0. The standard InChI is InChI=1S/C9H20N2O3S/c1-9(8-14-2)10-4-6-11(7-5-10)15(3,12)13/h9H,4-8H2,1-3H3/t9-/m1/s1. The highest BCUT2D eigenvalue weighted by Gasteiger charge is 2.25. The van der Waals surface area contributed by atoms with Crippen LogP contribution in [0, 0.1) is 0 Å². The van der Waals surface area contributed by atoms with Gasteiger partial charge in [-0.3, -0.25) is 4.90 Å². The summed E-state index contributed by atoms with van der Waals surface area (Å²) >= 11 is 0. The number of piperazine rings is 1. The molecule has 1 aliphatic heterocycles. The minimum atomic E-state index is -3.01. The largest absolute Gasteiger partial charge is 0.383 e. The molecule has 6 heteroatoms. The number of ether oxygens (including phenoxy) is 1. The molecule has 1 rings (SSSR count). The Hall–Kier alpha value is -0.170. The summed E-state index contributed by atoms with van der Waals surface area (Å²) in [6.07, 6.45) is 1.27. The van der Waals surface area contributed by atoms with Gasteiger partial charge in [0.25, 0.3) is 0 Å². The van der Waals surface area contributed by atoms with Gasteiger partial charge in [-0.05, 0) is 6.92 Å². The predicted octanol–water partition coefficient (Wildman–Crippen LogP) is -0.401. The summed E-state index contributed by atoms with van der Waals surface area (Å²) in [4.78, 5) is 2.26. The molecule has 1 aliphatic rings. The highest BCUT2D eigenvalue weighted by atomic mass is 32.2. The number of hydrogen-bond donors (Lipinski definition) is 0. The molecule has 0 aromatic rings. The minimum absolute atomic E-state index is 0.358. The van der Waals surface area contributed by atoms with Gasteiger partial charge in [-0.15, -0.1) is 0 Å². The van der Waals surface area contributed by atoms with E-state index in [2.05, 4.69) is 11.8 Å². The van der Waals surface area contributed by atoms with Crippen molar-refractivity contribution in [3.05, 3.63) is 0 Å². The Kier molecular flexibility index (Phi) is 4.51. The van der Waals surface area contributed by atoms with E-state index >= 15 is 0 Å². The lowest BCUT2D eigenvalue weighted by molar-refractivity contribution is 0.0768. The molecule has 0 aliphatic carbocycles. The number of hydrogen-bond acceptors (Lipinski definition) is 4. The van der Waals surface area contributed by atoms with Crippen molar-refractivity contribution in [2.45, 2.75) is 13.0 Å². The van der Waals surface area contributed by atoms with Crippen LogP contribution in [0.2, 0.25) is 0 Å². The number of nitrogens with zero attached hydrogens (tertiary/aromatic N) is 2. The molecule has 0 radical (unpaired) electrons. The summed E-state index contributed by atoms with van der Waals surface area (Å²) in [7, 11) is -1.33. The second-order valence-corrected chi connectivity index (χ2v) is 5.98. The molecule has 15 heavy (non-hydrogen) atoms. The van der Waals surface area contributed by atoms with Gasteiger partial charge in [0.2, 0.25) is 10.0 Å². The number of rotatable bonds is 4. The molecule has 0 bridgehead atoms. The van der Waals surface area contributed by atoms with E-state index < -0.39 is 10.0 Å². The number of methoxy groups -OCH3 is 1. The van der Waals surface area contributed by atoms with E-state index in [1.807, 2.05) is 0 Å². The Morgan fingerprint density at radius 2 is 1.80 bits per heavy atom. The molecule has 0 saturated carbocycles. The molecule has 1 atom stereocenters. The van der Waals surface area contributed by atoms with Crippen LogP contribution in [-0.4, -0.2) is 69.8 Å². The topological polar surface area (TPSA) is 49.9 Å². The summed E-state index contributed by atoms with van der Waals surface area (Å²) in [6, 6.07) is 0.358. The van der Waals surface area contributed by atoms with E-state index in [9.17, 15) is 8.42 Å². The van der Waals surface area contributed by atoms with Crippen LogP contribution in [0.25, 0.3) is 0 Å². The van der Waals surface area contributed by atoms with Crippen molar-refractivity contribution >= 4 is 10.0 Å². The fourth-order valence-electron chi connectivity index (χ4n) is 1.82. The van der Waals surface area contributed by atoms with Crippen LogP contribution < -0.4 is 0 Å². The molecule has 0 amide bonds. The van der Waals surface area contributed by atoms with E-state index in [4.69, 9.17) is 4.74 Å². The molecule has 0 spiro atoms. The molecule has 90 valence electrons. The zero-order valence-electron chi connectivity index (χ0n) is 9.64.